The summed E-state index contributed by atoms with van der Waals surface area (Å²) >= 11 is 0. The van der Waals surface area contributed by atoms with Crippen molar-refractivity contribution >= 4 is 5.91 Å². The molecule has 0 saturated carbocycles. The topological polar surface area (TPSA) is 83.4 Å². The van der Waals surface area contributed by atoms with Crippen LogP contribution >= 0.6 is 0 Å². The number of nitrogens with zero attached hydrogens (tertiary/aromatic N) is 1. The Bertz CT molecular complexity index is 509. The monoisotopic (exact) mass is 291 g/mol. The van der Waals surface area contributed by atoms with Gasteiger partial charge < -0.3 is 20.1 Å². The minimum absolute atomic E-state index is 0.0301. The van der Waals surface area contributed by atoms with Crippen LogP contribution in [0.25, 0.3) is 0 Å². The first kappa shape index (κ1) is 16.8. The molecule has 0 aliphatic carbocycles. The third kappa shape index (κ3) is 6.15. The summed E-state index contributed by atoms with van der Waals surface area (Å²) in [5.41, 5.74) is 1.04. The predicted molar refractivity (Wildman–Crippen MR) is 79.1 cm³/mol. The average molecular weight is 291 g/mol. The van der Waals surface area contributed by atoms with Crippen LogP contribution in [0.3, 0.4) is 0 Å². The molecule has 2 N–H and O–H groups in total. The van der Waals surface area contributed by atoms with Gasteiger partial charge in [0, 0.05) is 12.6 Å². The fraction of sp³-hybridized carbons (Fsp3) is 0.467. The van der Waals surface area contributed by atoms with E-state index in [9.17, 15) is 4.79 Å². The number of nitrogens with one attached hydrogen (secondary N) is 2. The van der Waals surface area contributed by atoms with E-state index in [1.54, 1.807) is 13.2 Å². The summed E-state index contributed by atoms with van der Waals surface area (Å²) in [5.74, 6) is 0.730. The molecule has 1 aromatic rings. The van der Waals surface area contributed by atoms with Crippen molar-refractivity contribution in [3.63, 3.8) is 0 Å². The van der Waals surface area contributed by atoms with Crippen molar-refractivity contribution in [1.29, 1.82) is 5.26 Å². The van der Waals surface area contributed by atoms with Crippen LogP contribution in [0.15, 0.2) is 18.2 Å². The molecule has 1 aromatic carbocycles. The Morgan fingerprint density at radius 2 is 2.14 bits per heavy atom. The van der Waals surface area contributed by atoms with Crippen LogP contribution in [0.1, 0.15) is 19.4 Å². The molecule has 6 heteroatoms. The Morgan fingerprint density at radius 1 is 1.38 bits per heavy atom. The van der Waals surface area contributed by atoms with Crippen LogP contribution in [0.4, 0.5) is 0 Å². The molecule has 21 heavy (non-hydrogen) atoms. The van der Waals surface area contributed by atoms with E-state index >= 15 is 0 Å². The van der Waals surface area contributed by atoms with E-state index < -0.39 is 0 Å². The number of amides is 1. The molecular weight excluding hydrogens is 270 g/mol. The minimum atomic E-state index is -0.343. The average Bonchev–Trinajstić information content (AvgIpc) is 2.48. The molecule has 0 radical (unpaired) electrons. The molecule has 0 saturated heterocycles. The molecule has 0 unspecified atom stereocenters. The fourth-order valence-corrected chi connectivity index (χ4v) is 1.60. The molecule has 0 bridgehead atoms. The second-order valence-corrected chi connectivity index (χ2v) is 4.74. The van der Waals surface area contributed by atoms with E-state index in [1.165, 1.54) is 0 Å². The number of hydrogen-bond donors (Lipinski definition) is 2. The maximum absolute atomic E-state index is 11.4. The van der Waals surface area contributed by atoms with Gasteiger partial charge in [0.1, 0.15) is 6.54 Å². The standard InChI is InChI=1S/C15H21N3O3/c1-11(2)18-9-12-4-5-13(20-3)14(8-12)21-10-15(19)17-7-6-16/h4-5,8,11,18H,7,9-10H2,1-3H3,(H,17,19). The van der Waals surface area contributed by atoms with E-state index in [1.807, 2.05) is 18.2 Å². The number of ether oxygens (including phenoxy) is 2. The highest BCUT2D eigenvalue weighted by molar-refractivity contribution is 5.77. The van der Waals surface area contributed by atoms with Crippen LogP contribution in [-0.4, -0.2) is 32.2 Å². The SMILES string of the molecule is COc1ccc(CNC(C)C)cc1OCC(=O)NCC#N. The first-order chi connectivity index (χ1) is 10.1. The lowest BCUT2D eigenvalue weighted by Gasteiger charge is -2.13. The van der Waals surface area contributed by atoms with Gasteiger partial charge in [-0.2, -0.15) is 5.26 Å². The van der Waals surface area contributed by atoms with Crippen LogP contribution in [0, 0.1) is 11.3 Å². The van der Waals surface area contributed by atoms with Gasteiger partial charge in [0.05, 0.1) is 13.2 Å². The summed E-state index contributed by atoms with van der Waals surface area (Å²) in [6.07, 6.45) is 0. The smallest absolute Gasteiger partial charge is 0.258 e. The summed E-state index contributed by atoms with van der Waals surface area (Å²) in [7, 11) is 1.55. The van der Waals surface area contributed by atoms with Gasteiger partial charge >= 0.3 is 0 Å². The van der Waals surface area contributed by atoms with E-state index in [4.69, 9.17) is 14.7 Å². The van der Waals surface area contributed by atoms with Crippen LogP contribution in [0.2, 0.25) is 0 Å². The van der Waals surface area contributed by atoms with Crippen molar-refractivity contribution in [2.45, 2.75) is 26.4 Å². The molecule has 0 spiro atoms. The summed E-state index contributed by atoms with van der Waals surface area (Å²) in [6.45, 7) is 4.66. The second kappa shape index (κ2) is 8.82. The number of rotatable bonds is 8. The highest BCUT2D eigenvalue weighted by atomic mass is 16.5. The van der Waals surface area contributed by atoms with Crippen molar-refractivity contribution < 1.29 is 14.3 Å². The summed E-state index contributed by atoms with van der Waals surface area (Å²) in [5, 5.41) is 14.1. The van der Waals surface area contributed by atoms with E-state index in [-0.39, 0.29) is 19.1 Å². The summed E-state index contributed by atoms with van der Waals surface area (Å²) < 4.78 is 10.7. The van der Waals surface area contributed by atoms with Crippen LogP contribution in [-0.2, 0) is 11.3 Å². The third-order valence-electron chi connectivity index (χ3n) is 2.67. The predicted octanol–water partition coefficient (Wildman–Crippen LogP) is 1.21. The molecule has 0 fully saturated rings. The van der Waals surface area contributed by atoms with Crippen molar-refractivity contribution in [2.24, 2.45) is 0 Å². The molecule has 114 valence electrons. The minimum Gasteiger partial charge on any atom is -0.493 e. The Morgan fingerprint density at radius 3 is 2.76 bits per heavy atom. The van der Waals surface area contributed by atoms with Gasteiger partial charge in [0.25, 0.3) is 5.91 Å². The second-order valence-electron chi connectivity index (χ2n) is 4.74. The lowest BCUT2D eigenvalue weighted by molar-refractivity contribution is -0.122. The fourth-order valence-electron chi connectivity index (χ4n) is 1.60. The van der Waals surface area contributed by atoms with Crippen LogP contribution in [0.5, 0.6) is 11.5 Å². The number of methoxy groups -OCH3 is 1. The maximum Gasteiger partial charge on any atom is 0.258 e. The lowest BCUT2D eigenvalue weighted by Crippen LogP contribution is -2.29. The molecule has 0 aromatic heterocycles. The largest absolute Gasteiger partial charge is 0.493 e. The zero-order valence-corrected chi connectivity index (χ0v) is 12.6. The van der Waals surface area contributed by atoms with Gasteiger partial charge in [-0.25, -0.2) is 0 Å². The van der Waals surface area contributed by atoms with Gasteiger partial charge in [-0.3, -0.25) is 4.79 Å². The summed E-state index contributed by atoms with van der Waals surface area (Å²) in [6, 6.07) is 7.80. The van der Waals surface area contributed by atoms with Gasteiger partial charge in [-0.05, 0) is 17.7 Å². The lowest BCUT2D eigenvalue weighted by atomic mass is 10.2. The van der Waals surface area contributed by atoms with E-state index in [0.717, 1.165) is 5.56 Å². The quantitative estimate of drug-likeness (QED) is 0.703. The third-order valence-corrected chi connectivity index (χ3v) is 2.67. The number of hydrogen-bond acceptors (Lipinski definition) is 5. The van der Waals surface area contributed by atoms with Gasteiger partial charge in [0.15, 0.2) is 18.1 Å². The first-order valence-corrected chi connectivity index (χ1v) is 6.73. The van der Waals surface area contributed by atoms with E-state index in [2.05, 4.69) is 24.5 Å². The first-order valence-electron chi connectivity index (χ1n) is 6.73. The van der Waals surface area contributed by atoms with Gasteiger partial charge in [0.2, 0.25) is 0 Å². The Balaban J connectivity index is 2.67. The highest BCUT2D eigenvalue weighted by Crippen LogP contribution is 2.28. The zero-order chi connectivity index (χ0) is 15.7. The molecule has 0 aliphatic rings. The molecule has 1 amide bonds. The summed E-state index contributed by atoms with van der Waals surface area (Å²) in [4.78, 5) is 11.4. The Kier molecular flexibility index (Phi) is 7.05. The molecule has 0 heterocycles. The number of carbonyl (C=O) groups is 1. The van der Waals surface area contributed by atoms with Crippen molar-refractivity contribution in [3.05, 3.63) is 23.8 Å². The molecule has 6 nitrogen and oxygen atoms in total. The zero-order valence-electron chi connectivity index (χ0n) is 12.6. The highest BCUT2D eigenvalue weighted by Gasteiger charge is 2.09. The molecule has 0 atom stereocenters. The number of carbonyl (C=O) groups excluding carboxylic acids is 1. The maximum atomic E-state index is 11.4. The number of nitriles is 1. The Labute approximate surface area is 125 Å². The van der Waals surface area contributed by atoms with E-state index in [0.29, 0.717) is 24.1 Å². The van der Waals surface area contributed by atoms with Crippen LogP contribution < -0.4 is 20.1 Å². The number of benzene rings is 1. The molecule has 1 rings (SSSR count). The molecular formula is C15H21N3O3. The van der Waals surface area contributed by atoms with Crippen molar-refractivity contribution in [1.82, 2.24) is 10.6 Å². The van der Waals surface area contributed by atoms with Gasteiger partial charge in [-0.15, -0.1) is 0 Å². The van der Waals surface area contributed by atoms with Crippen molar-refractivity contribution in [3.8, 4) is 17.6 Å². The van der Waals surface area contributed by atoms with Gasteiger partial charge in [-0.1, -0.05) is 19.9 Å². The Hall–Kier alpha value is -2.26. The normalized spacial score (nSPS) is 10.0. The van der Waals surface area contributed by atoms with Crippen molar-refractivity contribution in [2.75, 3.05) is 20.3 Å². The molecule has 0 aliphatic heterocycles.